The van der Waals surface area contributed by atoms with Crippen LogP contribution in [0.4, 0.5) is 0 Å². The lowest BCUT2D eigenvalue weighted by atomic mass is 10.2. The molecule has 0 aliphatic carbocycles. The lowest BCUT2D eigenvalue weighted by Gasteiger charge is -1.97. The summed E-state index contributed by atoms with van der Waals surface area (Å²) in [6, 6.07) is 4.19. The number of hydrogen-bond acceptors (Lipinski definition) is 1. The zero-order valence-electron chi connectivity index (χ0n) is 9.06. The van der Waals surface area contributed by atoms with Crippen LogP contribution in [0, 0.1) is 0 Å². The van der Waals surface area contributed by atoms with Gasteiger partial charge >= 0.3 is 0 Å². The van der Waals surface area contributed by atoms with Crippen molar-refractivity contribution in [3.63, 3.8) is 0 Å². The number of nitrogens with one attached hydrogen (secondary N) is 2. The van der Waals surface area contributed by atoms with Crippen LogP contribution in [0.25, 0.3) is 0 Å². The lowest BCUT2D eigenvalue weighted by Crippen LogP contribution is -2.07. The molecule has 0 aliphatic heterocycles. The van der Waals surface area contributed by atoms with Crippen LogP contribution < -0.4 is 5.32 Å². The van der Waals surface area contributed by atoms with Crippen molar-refractivity contribution >= 4 is 0 Å². The summed E-state index contributed by atoms with van der Waals surface area (Å²) in [5, 5.41) is 3.14. The van der Waals surface area contributed by atoms with Crippen LogP contribution in [0.3, 0.4) is 0 Å². The van der Waals surface area contributed by atoms with E-state index in [1.54, 1.807) is 0 Å². The second kappa shape index (κ2) is 9.33. The van der Waals surface area contributed by atoms with E-state index < -0.39 is 0 Å². The molecule has 2 nitrogen and oxygen atoms in total. The summed E-state index contributed by atoms with van der Waals surface area (Å²) in [5.41, 5.74) is 1.35. The van der Waals surface area contributed by atoms with Gasteiger partial charge in [0.2, 0.25) is 0 Å². The third-order valence-electron chi connectivity index (χ3n) is 1.79. The second-order valence-electron chi connectivity index (χ2n) is 2.76. The minimum absolute atomic E-state index is 1.13. The molecule has 2 heteroatoms. The van der Waals surface area contributed by atoms with E-state index >= 15 is 0 Å². The van der Waals surface area contributed by atoms with Gasteiger partial charge in [-0.2, -0.15) is 0 Å². The smallest absolute Gasteiger partial charge is 0.0147 e. The van der Waals surface area contributed by atoms with Gasteiger partial charge in [0.05, 0.1) is 0 Å². The average molecular weight is 182 g/mol. The molecule has 1 rings (SSSR count). The fourth-order valence-corrected chi connectivity index (χ4v) is 1.14. The summed E-state index contributed by atoms with van der Waals surface area (Å²) in [5.74, 6) is 0. The number of aryl methyl sites for hydroxylation is 1. The predicted octanol–water partition coefficient (Wildman–Crippen LogP) is 2.58. The molecule has 1 aromatic rings. The largest absolute Gasteiger partial charge is 0.365 e. The van der Waals surface area contributed by atoms with Gasteiger partial charge in [0.15, 0.2) is 0 Å². The Kier molecular flexibility index (Phi) is 8.78. The number of aromatic nitrogens is 1. The number of rotatable bonds is 5. The molecule has 0 unspecified atom stereocenters. The van der Waals surface area contributed by atoms with E-state index in [0.29, 0.717) is 0 Å². The summed E-state index contributed by atoms with van der Waals surface area (Å²) in [6.45, 7) is 5.13. The molecule has 76 valence electrons. The quantitative estimate of drug-likeness (QED) is 0.673. The van der Waals surface area contributed by atoms with Gasteiger partial charge < -0.3 is 10.3 Å². The van der Waals surface area contributed by atoms with Crippen LogP contribution in [0.15, 0.2) is 18.3 Å². The third kappa shape index (κ3) is 6.41. The van der Waals surface area contributed by atoms with Crippen LogP contribution in [-0.2, 0) is 6.42 Å². The molecule has 0 fully saturated rings. The van der Waals surface area contributed by atoms with Gasteiger partial charge in [0, 0.05) is 11.9 Å². The standard InChI is InChI=1S/C9H16N2.C2H6/c1-10-7-3-2-5-9-6-4-8-11-9;1-2/h4,6,8,10-11H,2-3,5,7H2,1H3;1-2H3. The van der Waals surface area contributed by atoms with Gasteiger partial charge in [-0.3, -0.25) is 0 Å². The van der Waals surface area contributed by atoms with Crippen LogP contribution in [-0.4, -0.2) is 18.6 Å². The molecule has 1 heterocycles. The van der Waals surface area contributed by atoms with Crippen LogP contribution in [0.2, 0.25) is 0 Å². The molecule has 0 bridgehead atoms. The zero-order chi connectivity index (χ0) is 9.94. The van der Waals surface area contributed by atoms with E-state index in [1.807, 2.05) is 33.2 Å². The van der Waals surface area contributed by atoms with E-state index in [-0.39, 0.29) is 0 Å². The fourth-order valence-electron chi connectivity index (χ4n) is 1.14. The van der Waals surface area contributed by atoms with Gasteiger partial charge in [0.25, 0.3) is 0 Å². The maximum absolute atomic E-state index is 3.19. The summed E-state index contributed by atoms with van der Waals surface area (Å²) in [7, 11) is 1.99. The normalized spacial score (nSPS) is 9.15. The van der Waals surface area contributed by atoms with Crippen molar-refractivity contribution in [1.29, 1.82) is 0 Å². The Labute approximate surface area is 81.8 Å². The van der Waals surface area contributed by atoms with Crippen molar-refractivity contribution in [3.05, 3.63) is 24.0 Å². The SMILES string of the molecule is CC.CNCCCCc1ccc[nH]1. The molecule has 13 heavy (non-hydrogen) atoms. The molecule has 0 amide bonds. The maximum Gasteiger partial charge on any atom is 0.0147 e. The van der Waals surface area contributed by atoms with Crippen molar-refractivity contribution in [2.24, 2.45) is 0 Å². The highest BCUT2D eigenvalue weighted by Gasteiger charge is 1.91. The van der Waals surface area contributed by atoms with Gasteiger partial charge in [-0.1, -0.05) is 13.8 Å². The Balaban J connectivity index is 0.000000671. The summed E-state index contributed by atoms with van der Waals surface area (Å²) >= 11 is 0. The minimum atomic E-state index is 1.13. The van der Waals surface area contributed by atoms with Crippen molar-refractivity contribution in [3.8, 4) is 0 Å². The predicted molar refractivity (Wildman–Crippen MR) is 59.0 cm³/mol. The van der Waals surface area contributed by atoms with E-state index in [4.69, 9.17) is 0 Å². The topological polar surface area (TPSA) is 27.8 Å². The van der Waals surface area contributed by atoms with Gasteiger partial charge in [0.1, 0.15) is 0 Å². The van der Waals surface area contributed by atoms with Gasteiger partial charge in [-0.25, -0.2) is 0 Å². The molecule has 0 saturated carbocycles. The Bertz CT molecular complexity index is 168. The van der Waals surface area contributed by atoms with Crippen LogP contribution in [0.5, 0.6) is 0 Å². The third-order valence-corrected chi connectivity index (χ3v) is 1.79. The Morgan fingerprint density at radius 1 is 1.31 bits per heavy atom. The lowest BCUT2D eigenvalue weighted by molar-refractivity contribution is 0.672. The average Bonchev–Trinajstić information content (AvgIpc) is 2.68. The van der Waals surface area contributed by atoms with E-state index in [2.05, 4.69) is 16.4 Å². The number of hydrogen-bond donors (Lipinski definition) is 2. The minimum Gasteiger partial charge on any atom is -0.365 e. The molecule has 0 aliphatic rings. The first-order valence-electron chi connectivity index (χ1n) is 5.20. The van der Waals surface area contributed by atoms with Crippen molar-refractivity contribution < 1.29 is 0 Å². The van der Waals surface area contributed by atoms with E-state index in [9.17, 15) is 0 Å². The zero-order valence-corrected chi connectivity index (χ0v) is 9.06. The highest BCUT2D eigenvalue weighted by molar-refractivity contribution is 5.03. The molecule has 2 N–H and O–H groups in total. The molecule has 1 aromatic heterocycles. The van der Waals surface area contributed by atoms with E-state index in [0.717, 1.165) is 6.54 Å². The maximum atomic E-state index is 3.19. The van der Waals surface area contributed by atoms with Crippen molar-refractivity contribution in [2.75, 3.05) is 13.6 Å². The molecule has 0 aromatic carbocycles. The Morgan fingerprint density at radius 2 is 2.08 bits per heavy atom. The molecule has 0 saturated heterocycles. The Hall–Kier alpha value is -0.760. The number of aromatic amines is 1. The molecule has 0 spiro atoms. The first-order chi connectivity index (χ1) is 6.43. The molecular formula is C11H22N2. The van der Waals surface area contributed by atoms with Crippen LogP contribution in [0.1, 0.15) is 32.4 Å². The molecular weight excluding hydrogens is 160 g/mol. The van der Waals surface area contributed by atoms with Crippen LogP contribution >= 0.6 is 0 Å². The highest BCUT2D eigenvalue weighted by Crippen LogP contribution is 2.00. The molecule has 0 atom stereocenters. The Morgan fingerprint density at radius 3 is 2.62 bits per heavy atom. The summed E-state index contributed by atoms with van der Waals surface area (Å²) in [6.07, 6.45) is 5.68. The van der Waals surface area contributed by atoms with Gasteiger partial charge in [-0.15, -0.1) is 0 Å². The molecule has 0 radical (unpaired) electrons. The van der Waals surface area contributed by atoms with E-state index in [1.165, 1.54) is 25.0 Å². The highest BCUT2D eigenvalue weighted by atomic mass is 14.8. The monoisotopic (exact) mass is 182 g/mol. The van der Waals surface area contributed by atoms with Crippen molar-refractivity contribution in [2.45, 2.75) is 33.1 Å². The summed E-state index contributed by atoms with van der Waals surface area (Å²) < 4.78 is 0. The fraction of sp³-hybridized carbons (Fsp3) is 0.636. The first-order valence-corrected chi connectivity index (χ1v) is 5.20. The summed E-state index contributed by atoms with van der Waals surface area (Å²) in [4.78, 5) is 3.19. The number of H-pyrrole nitrogens is 1. The first kappa shape index (κ1) is 12.2. The number of unbranched alkanes of at least 4 members (excludes halogenated alkanes) is 1. The van der Waals surface area contributed by atoms with Gasteiger partial charge in [-0.05, 0) is 45.0 Å². The van der Waals surface area contributed by atoms with Crippen molar-refractivity contribution in [1.82, 2.24) is 10.3 Å². The second-order valence-corrected chi connectivity index (χ2v) is 2.76.